The maximum atomic E-state index is 12.6. The van der Waals surface area contributed by atoms with Crippen molar-refractivity contribution in [3.8, 4) is 0 Å². The molecule has 0 spiro atoms. The Hall–Kier alpha value is -0.400. The molecule has 0 aliphatic carbocycles. The molecule has 1 aromatic rings. The van der Waals surface area contributed by atoms with Gasteiger partial charge in [0.2, 0.25) is 5.91 Å². The highest BCUT2D eigenvalue weighted by Gasteiger charge is 2.26. The van der Waals surface area contributed by atoms with E-state index in [1.54, 1.807) is 11.3 Å². The van der Waals surface area contributed by atoms with E-state index in [1.165, 1.54) is 23.5 Å². The van der Waals surface area contributed by atoms with Crippen LogP contribution in [-0.2, 0) is 17.8 Å². The van der Waals surface area contributed by atoms with Gasteiger partial charge < -0.3 is 10.2 Å². The summed E-state index contributed by atoms with van der Waals surface area (Å²) in [7, 11) is 0. The van der Waals surface area contributed by atoms with Crippen LogP contribution >= 0.6 is 36.2 Å². The molecule has 156 valence electrons. The minimum atomic E-state index is 0. The van der Waals surface area contributed by atoms with E-state index in [1.807, 2.05) is 0 Å². The molecule has 2 saturated heterocycles. The van der Waals surface area contributed by atoms with Gasteiger partial charge in [0.25, 0.3) is 0 Å². The van der Waals surface area contributed by atoms with Gasteiger partial charge in [-0.15, -0.1) is 36.2 Å². The Morgan fingerprint density at radius 2 is 2.07 bits per heavy atom. The Morgan fingerprint density at radius 1 is 1.33 bits per heavy atom. The number of aryl methyl sites for hydroxylation is 1. The zero-order valence-corrected chi connectivity index (χ0v) is 18.9. The summed E-state index contributed by atoms with van der Waals surface area (Å²) in [6, 6.07) is 0. The van der Waals surface area contributed by atoms with E-state index in [0.29, 0.717) is 24.2 Å². The summed E-state index contributed by atoms with van der Waals surface area (Å²) in [5.74, 6) is 1.50. The highest BCUT2D eigenvalue weighted by molar-refractivity contribution is 7.09. The lowest BCUT2D eigenvalue weighted by Crippen LogP contribution is -2.49. The first kappa shape index (κ1) is 24.6. The van der Waals surface area contributed by atoms with Crippen molar-refractivity contribution < 1.29 is 4.79 Å². The number of thiazole rings is 1. The third kappa shape index (κ3) is 7.17. The van der Waals surface area contributed by atoms with Gasteiger partial charge in [0, 0.05) is 44.5 Å². The first-order valence-electron chi connectivity index (χ1n) is 9.79. The number of nitrogens with one attached hydrogen (secondary N) is 1. The Labute approximate surface area is 180 Å². The molecule has 8 heteroatoms. The second-order valence-electron chi connectivity index (χ2n) is 7.53. The summed E-state index contributed by atoms with van der Waals surface area (Å²) < 4.78 is 0. The number of carbonyl (C=O) groups is 1. The minimum absolute atomic E-state index is 0. The van der Waals surface area contributed by atoms with Gasteiger partial charge >= 0.3 is 0 Å². The van der Waals surface area contributed by atoms with Crippen molar-refractivity contribution in [2.75, 3.05) is 39.3 Å². The SMILES string of the molecule is CCc1nc(CN2CCN(C(=O)CC(C)C3CCCNC3)CC2)cs1.Cl.Cl. The van der Waals surface area contributed by atoms with E-state index in [2.05, 4.69) is 39.3 Å². The molecule has 0 bridgehead atoms. The van der Waals surface area contributed by atoms with Crippen LogP contribution in [0.25, 0.3) is 0 Å². The molecule has 1 aromatic heterocycles. The van der Waals surface area contributed by atoms with Crippen molar-refractivity contribution in [2.24, 2.45) is 11.8 Å². The Kier molecular flexibility index (Phi) is 11.2. The molecule has 2 aliphatic rings. The smallest absolute Gasteiger partial charge is 0.222 e. The van der Waals surface area contributed by atoms with Crippen molar-refractivity contribution in [2.45, 2.75) is 46.1 Å². The van der Waals surface area contributed by atoms with Crippen LogP contribution in [0.4, 0.5) is 0 Å². The third-order valence-corrected chi connectivity index (χ3v) is 6.69. The molecule has 0 saturated carbocycles. The average Bonchev–Trinajstić information content (AvgIpc) is 3.10. The van der Waals surface area contributed by atoms with Crippen LogP contribution in [0.1, 0.15) is 43.8 Å². The number of hydrogen-bond donors (Lipinski definition) is 1. The predicted molar refractivity (Wildman–Crippen MR) is 117 cm³/mol. The molecule has 0 aromatic carbocycles. The van der Waals surface area contributed by atoms with Crippen molar-refractivity contribution in [3.05, 3.63) is 16.1 Å². The monoisotopic (exact) mass is 436 g/mol. The predicted octanol–water partition coefficient (Wildman–Crippen LogP) is 3.22. The van der Waals surface area contributed by atoms with Crippen LogP contribution in [0, 0.1) is 11.8 Å². The summed E-state index contributed by atoms with van der Waals surface area (Å²) >= 11 is 1.76. The summed E-state index contributed by atoms with van der Waals surface area (Å²) in [4.78, 5) is 21.8. The van der Waals surface area contributed by atoms with Gasteiger partial charge in [-0.05, 0) is 44.2 Å². The van der Waals surface area contributed by atoms with Gasteiger partial charge in [0.1, 0.15) is 0 Å². The van der Waals surface area contributed by atoms with Gasteiger partial charge in [-0.2, -0.15) is 0 Å². The van der Waals surface area contributed by atoms with Crippen molar-refractivity contribution in [3.63, 3.8) is 0 Å². The Bertz CT molecular complexity index is 558. The fourth-order valence-corrected chi connectivity index (χ4v) is 4.64. The van der Waals surface area contributed by atoms with Crippen molar-refractivity contribution >= 4 is 42.1 Å². The fourth-order valence-electron chi connectivity index (χ4n) is 3.90. The van der Waals surface area contributed by atoms with Gasteiger partial charge in [-0.1, -0.05) is 13.8 Å². The van der Waals surface area contributed by atoms with E-state index in [4.69, 9.17) is 0 Å². The number of halogens is 2. The molecule has 2 fully saturated rings. The number of amides is 1. The molecule has 2 aliphatic heterocycles. The van der Waals surface area contributed by atoms with Gasteiger partial charge in [0.15, 0.2) is 0 Å². The van der Waals surface area contributed by atoms with Crippen molar-refractivity contribution in [1.82, 2.24) is 20.1 Å². The van der Waals surface area contributed by atoms with Gasteiger partial charge in [0.05, 0.1) is 10.7 Å². The molecular weight excluding hydrogens is 403 g/mol. The van der Waals surface area contributed by atoms with E-state index >= 15 is 0 Å². The molecule has 27 heavy (non-hydrogen) atoms. The first-order chi connectivity index (χ1) is 12.2. The summed E-state index contributed by atoms with van der Waals surface area (Å²) in [6.07, 6.45) is 4.24. The highest BCUT2D eigenvalue weighted by Crippen LogP contribution is 2.23. The normalized spacial score (nSPS) is 21.9. The number of carbonyl (C=O) groups excluding carboxylic acids is 1. The van der Waals surface area contributed by atoms with Crippen LogP contribution in [0.5, 0.6) is 0 Å². The van der Waals surface area contributed by atoms with Crippen LogP contribution in [0.3, 0.4) is 0 Å². The number of rotatable bonds is 6. The average molecular weight is 437 g/mol. The number of piperazine rings is 1. The van der Waals surface area contributed by atoms with E-state index in [0.717, 1.165) is 52.2 Å². The third-order valence-electron chi connectivity index (χ3n) is 5.65. The lowest BCUT2D eigenvalue weighted by atomic mass is 9.85. The van der Waals surface area contributed by atoms with Gasteiger partial charge in [-0.25, -0.2) is 4.98 Å². The highest BCUT2D eigenvalue weighted by atomic mass is 35.5. The molecule has 1 amide bonds. The van der Waals surface area contributed by atoms with Crippen molar-refractivity contribution in [1.29, 1.82) is 0 Å². The number of aromatic nitrogens is 1. The molecule has 0 radical (unpaired) electrons. The first-order valence-corrected chi connectivity index (χ1v) is 10.7. The second kappa shape index (κ2) is 12.2. The second-order valence-corrected chi connectivity index (χ2v) is 8.47. The minimum Gasteiger partial charge on any atom is -0.340 e. The van der Waals surface area contributed by atoms with E-state index in [-0.39, 0.29) is 24.8 Å². The largest absolute Gasteiger partial charge is 0.340 e. The van der Waals surface area contributed by atoms with Gasteiger partial charge in [-0.3, -0.25) is 9.69 Å². The molecular formula is C19H34Cl2N4OS. The summed E-state index contributed by atoms with van der Waals surface area (Å²) in [5, 5.41) is 6.86. The van der Waals surface area contributed by atoms with E-state index in [9.17, 15) is 4.79 Å². The summed E-state index contributed by atoms with van der Waals surface area (Å²) in [6.45, 7) is 11.2. The molecule has 3 heterocycles. The molecule has 5 nitrogen and oxygen atoms in total. The van der Waals surface area contributed by atoms with Crippen LogP contribution in [-0.4, -0.2) is 60.0 Å². The quantitative estimate of drug-likeness (QED) is 0.743. The molecule has 3 rings (SSSR count). The molecule has 1 N–H and O–H groups in total. The van der Waals surface area contributed by atoms with Crippen LogP contribution < -0.4 is 5.32 Å². The zero-order valence-electron chi connectivity index (χ0n) is 16.5. The maximum absolute atomic E-state index is 12.6. The number of hydrogen-bond acceptors (Lipinski definition) is 5. The van der Waals surface area contributed by atoms with Crippen LogP contribution in [0.2, 0.25) is 0 Å². The van der Waals surface area contributed by atoms with E-state index < -0.39 is 0 Å². The lowest BCUT2D eigenvalue weighted by Gasteiger charge is -2.36. The summed E-state index contributed by atoms with van der Waals surface area (Å²) in [5.41, 5.74) is 1.18. The maximum Gasteiger partial charge on any atom is 0.222 e. The topological polar surface area (TPSA) is 48.5 Å². The Morgan fingerprint density at radius 3 is 2.67 bits per heavy atom. The zero-order chi connectivity index (χ0) is 17.6. The molecule has 2 unspecified atom stereocenters. The van der Waals surface area contributed by atoms with Crippen LogP contribution in [0.15, 0.2) is 5.38 Å². The molecule has 2 atom stereocenters. The fraction of sp³-hybridized carbons (Fsp3) is 0.789. The standard InChI is InChI=1S/C19H32N4OS.2ClH/c1-3-18-21-17(14-25-18)13-22-7-9-23(10-8-22)19(24)11-15(2)16-5-4-6-20-12-16;;/h14-16,20H,3-13H2,1-2H3;2*1H. The lowest BCUT2D eigenvalue weighted by molar-refractivity contribution is -0.134. The Balaban J connectivity index is 0.00000182. The number of nitrogens with zero attached hydrogens (tertiary/aromatic N) is 3. The number of piperidine rings is 1.